The van der Waals surface area contributed by atoms with Crippen molar-refractivity contribution in [1.29, 1.82) is 0 Å². The van der Waals surface area contributed by atoms with Gasteiger partial charge >= 0.3 is 0 Å². The van der Waals surface area contributed by atoms with Crippen molar-refractivity contribution in [2.45, 2.75) is 50.2 Å². The lowest BCUT2D eigenvalue weighted by molar-refractivity contribution is 0.340. The fourth-order valence-electron chi connectivity index (χ4n) is 4.88. The first-order valence-electron chi connectivity index (χ1n) is 10.7. The Morgan fingerprint density at radius 1 is 0.967 bits per heavy atom. The van der Waals surface area contributed by atoms with Gasteiger partial charge in [-0.1, -0.05) is 25.3 Å². The third-order valence-corrected chi connectivity index (χ3v) is 6.60. The maximum absolute atomic E-state index is 13.6. The van der Waals surface area contributed by atoms with Crippen LogP contribution in [0.2, 0.25) is 0 Å². The Kier molecular flexibility index (Phi) is 5.25. The first-order chi connectivity index (χ1) is 14.7. The van der Waals surface area contributed by atoms with Crippen molar-refractivity contribution < 1.29 is 4.39 Å². The molecule has 1 saturated heterocycles. The second-order valence-electron chi connectivity index (χ2n) is 8.11. The van der Waals surface area contributed by atoms with Crippen LogP contribution in [0.25, 0.3) is 0 Å². The summed E-state index contributed by atoms with van der Waals surface area (Å²) in [5.41, 5.74) is 3.05. The van der Waals surface area contributed by atoms with Gasteiger partial charge in [0.15, 0.2) is 5.11 Å². The van der Waals surface area contributed by atoms with Gasteiger partial charge in [-0.25, -0.2) is 4.39 Å². The molecule has 2 atom stereocenters. The molecule has 1 aliphatic carbocycles. The van der Waals surface area contributed by atoms with Gasteiger partial charge in [0.05, 0.1) is 11.7 Å². The van der Waals surface area contributed by atoms with Crippen molar-refractivity contribution in [2.75, 3.05) is 4.90 Å². The lowest BCUT2D eigenvalue weighted by atomic mass is 9.94. The van der Waals surface area contributed by atoms with E-state index in [-0.39, 0.29) is 17.9 Å². The molecule has 4 nitrogen and oxygen atoms in total. The number of thiocarbonyl (C=S) groups is 1. The van der Waals surface area contributed by atoms with Crippen LogP contribution >= 0.6 is 12.2 Å². The van der Waals surface area contributed by atoms with E-state index >= 15 is 0 Å². The quantitative estimate of drug-likeness (QED) is 0.549. The van der Waals surface area contributed by atoms with Crippen LogP contribution < -0.4 is 10.2 Å². The lowest BCUT2D eigenvalue weighted by Gasteiger charge is -2.32. The van der Waals surface area contributed by atoms with Crippen LogP contribution in [-0.2, 0) is 0 Å². The number of halogens is 1. The summed E-state index contributed by atoms with van der Waals surface area (Å²) in [7, 11) is 0. The Hall–Kier alpha value is -2.73. The number of hydrogen-bond acceptors (Lipinski definition) is 2. The zero-order chi connectivity index (χ0) is 20.5. The van der Waals surface area contributed by atoms with E-state index in [4.69, 9.17) is 12.2 Å². The molecule has 0 unspecified atom stereocenters. The molecule has 0 amide bonds. The van der Waals surface area contributed by atoms with Crippen molar-refractivity contribution in [1.82, 2.24) is 14.9 Å². The average molecular weight is 421 g/mol. The molecule has 30 heavy (non-hydrogen) atoms. The second-order valence-corrected chi connectivity index (χ2v) is 8.49. The molecule has 1 aromatic carbocycles. The fourth-order valence-corrected chi connectivity index (χ4v) is 5.23. The third kappa shape index (κ3) is 3.49. The van der Waals surface area contributed by atoms with Crippen LogP contribution in [-0.4, -0.2) is 14.7 Å². The minimum atomic E-state index is -0.250. The number of nitrogens with one attached hydrogen (secondary N) is 1. The summed E-state index contributed by atoms with van der Waals surface area (Å²) < 4.78 is 16.0. The molecule has 3 aromatic rings. The van der Waals surface area contributed by atoms with E-state index in [0.717, 1.165) is 11.4 Å². The average Bonchev–Trinajstić information content (AvgIpc) is 3.40. The number of aromatic nitrogens is 2. The van der Waals surface area contributed by atoms with E-state index in [2.05, 4.69) is 38.1 Å². The molecule has 2 aliphatic rings. The van der Waals surface area contributed by atoms with Gasteiger partial charge in [-0.2, -0.15) is 0 Å². The molecular formula is C24H25FN4S. The second kappa shape index (κ2) is 8.19. The number of benzene rings is 1. The van der Waals surface area contributed by atoms with E-state index in [0.29, 0.717) is 11.2 Å². The highest BCUT2D eigenvalue weighted by Gasteiger charge is 2.42. The Bertz CT molecular complexity index is 1010. The molecule has 2 fully saturated rings. The minimum absolute atomic E-state index is 0.0604. The zero-order valence-corrected chi connectivity index (χ0v) is 17.6. The monoisotopic (exact) mass is 420 g/mol. The molecule has 0 spiro atoms. The summed E-state index contributed by atoms with van der Waals surface area (Å²) in [6.45, 7) is 0. The molecule has 1 aliphatic heterocycles. The van der Waals surface area contributed by atoms with Crippen LogP contribution in [0, 0.1) is 5.82 Å². The molecular weight excluding hydrogens is 395 g/mol. The summed E-state index contributed by atoms with van der Waals surface area (Å²) in [5.74, 6) is -0.250. The van der Waals surface area contributed by atoms with Crippen LogP contribution in [0.4, 0.5) is 10.1 Å². The standard InChI is InChI=1S/C24H25FN4S/c25-17-11-13-19(14-12-17)29-23(22(27-24(29)30)20-9-4-5-15-26-20)21-10-6-16-28(21)18-7-2-1-3-8-18/h4-6,9-16,18,22-23H,1-3,7-8H2,(H,27,30)/t22-,23-/m1/s1. The highest BCUT2D eigenvalue weighted by atomic mass is 32.1. The normalized spacial score (nSPS) is 22.3. The van der Waals surface area contributed by atoms with Gasteiger partial charge in [-0.15, -0.1) is 0 Å². The van der Waals surface area contributed by atoms with E-state index in [1.165, 1.54) is 49.9 Å². The maximum Gasteiger partial charge on any atom is 0.174 e. The highest BCUT2D eigenvalue weighted by Crippen LogP contribution is 2.43. The molecule has 154 valence electrons. The molecule has 0 radical (unpaired) electrons. The molecule has 5 rings (SSSR count). The van der Waals surface area contributed by atoms with Crippen molar-refractivity contribution in [3.05, 3.63) is 84.2 Å². The highest BCUT2D eigenvalue weighted by molar-refractivity contribution is 7.80. The molecule has 1 N–H and O–H groups in total. The van der Waals surface area contributed by atoms with Crippen molar-refractivity contribution in [2.24, 2.45) is 0 Å². The summed E-state index contributed by atoms with van der Waals surface area (Å²) in [4.78, 5) is 6.74. The van der Waals surface area contributed by atoms with Gasteiger partial charge in [0.1, 0.15) is 11.9 Å². The van der Waals surface area contributed by atoms with Crippen LogP contribution in [0.1, 0.15) is 61.6 Å². The van der Waals surface area contributed by atoms with Gasteiger partial charge < -0.3 is 14.8 Å². The van der Waals surface area contributed by atoms with Gasteiger partial charge in [-0.3, -0.25) is 4.98 Å². The predicted octanol–water partition coefficient (Wildman–Crippen LogP) is 5.70. The fraction of sp³-hybridized carbons (Fsp3) is 0.333. The van der Waals surface area contributed by atoms with Gasteiger partial charge in [0.25, 0.3) is 0 Å². The third-order valence-electron chi connectivity index (χ3n) is 6.29. The summed E-state index contributed by atoms with van der Waals surface area (Å²) in [6, 6.07) is 17.2. The summed E-state index contributed by atoms with van der Waals surface area (Å²) in [6.07, 6.45) is 10.3. The number of nitrogens with zero attached hydrogens (tertiary/aromatic N) is 3. The minimum Gasteiger partial charge on any atom is -0.351 e. The predicted molar refractivity (Wildman–Crippen MR) is 121 cm³/mol. The smallest absolute Gasteiger partial charge is 0.174 e. The molecule has 6 heteroatoms. The van der Waals surface area contributed by atoms with Crippen LogP contribution in [0.3, 0.4) is 0 Å². The van der Waals surface area contributed by atoms with E-state index in [9.17, 15) is 4.39 Å². The topological polar surface area (TPSA) is 33.1 Å². The molecule has 3 heterocycles. The molecule has 2 aromatic heterocycles. The lowest BCUT2D eigenvalue weighted by Crippen LogP contribution is -2.31. The van der Waals surface area contributed by atoms with Gasteiger partial charge in [-0.05, 0) is 73.6 Å². The number of anilines is 1. The SMILES string of the molecule is Fc1ccc(N2C(=S)N[C@H](c3ccccn3)[C@H]2c2cccn2C2CCCCC2)cc1. The zero-order valence-electron chi connectivity index (χ0n) is 16.7. The van der Waals surface area contributed by atoms with E-state index in [1.54, 1.807) is 12.1 Å². The Morgan fingerprint density at radius 2 is 1.77 bits per heavy atom. The summed E-state index contributed by atoms with van der Waals surface area (Å²) in [5, 5.41) is 4.13. The maximum atomic E-state index is 13.6. The Balaban J connectivity index is 1.61. The number of hydrogen-bond donors (Lipinski definition) is 1. The van der Waals surface area contributed by atoms with Crippen molar-refractivity contribution in [3.8, 4) is 0 Å². The van der Waals surface area contributed by atoms with Crippen molar-refractivity contribution >= 4 is 23.0 Å². The van der Waals surface area contributed by atoms with Gasteiger partial charge in [0.2, 0.25) is 0 Å². The van der Waals surface area contributed by atoms with E-state index < -0.39 is 0 Å². The van der Waals surface area contributed by atoms with Crippen LogP contribution in [0.5, 0.6) is 0 Å². The Morgan fingerprint density at radius 3 is 2.50 bits per heavy atom. The van der Waals surface area contributed by atoms with E-state index in [1.807, 2.05) is 24.4 Å². The first-order valence-corrected chi connectivity index (χ1v) is 11.1. The number of rotatable bonds is 4. The molecule has 0 bridgehead atoms. The first kappa shape index (κ1) is 19.2. The number of pyridine rings is 1. The van der Waals surface area contributed by atoms with Crippen LogP contribution in [0.15, 0.2) is 67.0 Å². The Labute approximate surface area is 181 Å². The van der Waals surface area contributed by atoms with Gasteiger partial charge in [0, 0.05) is 29.8 Å². The largest absolute Gasteiger partial charge is 0.351 e. The van der Waals surface area contributed by atoms with Crippen molar-refractivity contribution in [3.63, 3.8) is 0 Å². The summed E-state index contributed by atoms with van der Waals surface area (Å²) >= 11 is 5.77. The molecule has 1 saturated carbocycles.